The molecule has 210 valence electrons. The third-order valence-electron chi connectivity index (χ3n) is 10.4. The van der Waals surface area contributed by atoms with Crippen molar-refractivity contribution in [2.24, 2.45) is 0 Å². The van der Waals surface area contributed by atoms with E-state index < -0.39 is 0 Å². The molecule has 0 aromatic heterocycles. The first-order valence-electron chi connectivity index (χ1n) is 16.0. The standard InChI is InChI=1S/C38H37N3O/c39-23-24-9-11-25(12-10-24)26-13-15-27(16-14-26)34-32-21-28-5-1-17-40-19-3-7-30(35(28)40)37(32)42-38-31-8-4-20-41-18-2-6-29(36(31)41)22-33(34)38/h9-16,21-22,39H,1-8,17-20,23H2. The number of aryl methyl sites for hydroxylation is 2. The Morgan fingerprint density at radius 1 is 0.690 bits per heavy atom. The fourth-order valence-corrected chi connectivity index (χ4v) is 8.47. The number of hydrogen-bond donors (Lipinski definition) is 0. The zero-order chi connectivity index (χ0) is 27.8. The Kier molecular flexibility index (Phi) is 5.62. The van der Waals surface area contributed by atoms with Gasteiger partial charge in [-0.25, -0.2) is 4.58 Å². The molecule has 0 atom stereocenters. The van der Waals surface area contributed by atoms with Crippen LogP contribution in [0.5, 0.6) is 11.5 Å². The molecule has 5 heterocycles. The number of fused-ring (bicyclic) bond motifs is 4. The van der Waals surface area contributed by atoms with Gasteiger partial charge in [0.25, 0.3) is 0 Å². The lowest BCUT2D eigenvalue weighted by molar-refractivity contribution is 0.431. The zero-order valence-electron chi connectivity index (χ0n) is 24.3. The highest BCUT2D eigenvalue weighted by Crippen LogP contribution is 2.48. The summed E-state index contributed by atoms with van der Waals surface area (Å²) in [6, 6.07) is 22.7. The van der Waals surface area contributed by atoms with E-state index in [-0.39, 0.29) is 0 Å². The maximum Gasteiger partial charge on any atom is 0.210 e. The van der Waals surface area contributed by atoms with Crippen molar-refractivity contribution in [2.75, 3.05) is 31.1 Å². The van der Waals surface area contributed by atoms with Crippen molar-refractivity contribution in [3.63, 3.8) is 0 Å². The van der Waals surface area contributed by atoms with Crippen LogP contribution in [-0.2, 0) is 32.2 Å². The minimum absolute atomic E-state index is 0.325. The zero-order valence-corrected chi connectivity index (χ0v) is 24.3. The van der Waals surface area contributed by atoms with Crippen LogP contribution in [-0.4, -0.2) is 26.2 Å². The third-order valence-corrected chi connectivity index (χ3v) is 10.4. The molecular weight excluding hydrogens is 514 g/mol. The van der Waals surface area contributed by atoms with E-state index in [2.05, 4.69) is 70.1 Å². The Balaban J connectivity index is 1.31. The minimum atomic E-state index is 0.325. The van der Waals surface area contributed by atoms with E-state index in [1.807, 2.05) is 0 Å². The second-order valence-corrected chi connectivity index (χ2v) is 12.8. The first-order valence-corrected chi connectivity index (χ1v) is 16.0. The van der Waals surface area contributed by atoms with Gasteiger partial charge < -0.3 is 15.4 Å². The molecule has 0 unspecified atom stereocenters. The predicted octanol–water partition coefficient (Wildman–Crippen LogP) is 6.34. The quantitative estimate of drug-likeness (QED) is 0.246. The van der Waals surface area contributed by atoms with Gasteiger partial charge in [0.15, 0.2) is 0 Å². The number of nitrogens with zero attached hydrogens (tertiary/aromatic N) is 2. The molecule has 0 amide bonds. The Labute approximate surface area is 247 Å². The molecule has 1 N–H and O–H groups in total. The lowest BCUT2D eigenvalue weighted by atomic mass is 9.82. The van der Waals surface area contributed by atoms with Crippen LogP contribution in [0.1, 0.15) is 64.6 Å². The van der Waals surface area contributed by atoms with Crippen LogP contribution < -0.4 is 24.8 Å². The number of benzene rings is 4. The van der Waals surface area contributed by atoms with E-state index in [9.17, 15) is 0 Å². The van der Waals surface area contributed by atoms with Crippen LogP contribution in [0.4, 0.5) is 5.69 Å². The summed E-state index contributed by atoms with van der Waals surface area (Å²) >= 11 is 0. The molecule has 5 aliphatic rings. The largest absolute Gasteiger partial charge is 0.674 e. The first kappa shape index (κ1) is 24.7. The maximum atomic E-state index is 7.67. The molecule has 0 saturated carbocycles. The van der Waals surface area contributed by atoms with Gasteiger partial charge in [-0.05, 0) is 72.9 Å². The van der Waals surface area contributed by atoms with Gasteiger partial charge in [0.1, 0.15) is 24.6 Å². The van der Waals surface area contributed by atoms with E-state index in [1.165, 1.54) is 118 Å². The molecule has 0 radical (unpaired) electrons. The summed E-state index contributed by atoms with van der Waals surface area (Å²) in [5, 5.41) is 2.77. The van der Waals surface area contributed by atoms with Gasteiger partial charge in [-0.1, -0.05) is 54.1 Å². The van der Waals surface area contributed by atoms with Crippen LogP contribution in [0.2, 0.25) is 0 Å². The number of anilines is 1. The lowest BCUT2D eigenvalue weighted by Gasteiger charge is -2.39. The number of rotatable bonds is 3. The van der Waals surface area contributed by atoms with Gasteiger partial charge in [0.05, 0.1) is 5.56 Å². The number of ether oxygens (including phenoxy) is 1. The number of nitrogens with one attached hydrogen (secondary N) is 1. The van der Waals surface area contributed by atoms with Crippen LogP contribution in [0.25, 0.3) is 22.4 Å². The van der Waals surface area contributed by atoms with Crippen molar-refractivity contribution in [2.45, 2.75) is 57.9 Å². The molecule has 42 heavy (non-hydrogen) atoms. The van der Waals surface area contributed by atoms with Gasteiger partial charge in [-0.15, -0.1) is 6.54 Å². The average molecular weight is 552 g/mol. The van der Waals surface area contributed by atoms with Crippen LogP contribution in [0.15, 0.2) is 60.7 Å². The van der Waals surface area contributed by atoms with E-state index in [0.29, 0.717) is 6.54 Å². The fourth-order valence-electron chi connectivity index (χ4n) is 8.47. The highest BCUT2D eigenvalue weighted by Gasteiger charge is 2.35. The highest BCUT2D eigenvalue weighted by molar-refractivity contribution is 5.89. The van der Waals surface area contributed by atoms with Gasteiger partial charge in [-0.2, -0.15) is 0 Å². The van der Waals surface area contributed by atoms with Gasteiger partial charge in [-0.3, -0.25) is 0 Å². The minimum Gasteiger partial charge on any atom is -0.674 e. The Hall–Kier alpha value is -3.89. The molecule has 9 rings (SSSR count). The van der Waals surface area contributed by atoms with Crippen molar-refractivity contribution in [1.82, 2.24) is 4.58 Å². The summed E-state index contributed by atoms with van der Waals surface area (Å²) in [5.74, 6) is 2.25. The SMILES string of the molecule is [NH-]Cc1ccc(-c2ccc(C3=c4cc5c6c(c4Oc4c3cc3c7c4CCCN7CCC3)CCC[N+]=6CCC5)cc2)cc1. The van der Waals surface area contributed by atoms with Gasteiger partial charge in [0.2, 0.25) is 5.36 Å². The van der Waals surface area contributed by atoms with Crippen LogP contribution >= 0.6 is 0 Å². The molecule has 0 saturated heterocycles. The summed E-state index contributed by atoms with van der Waals surface area (Å²) in [7, 11) is 0. The van der Waals surface area contributed by atoms with E-state index in [1.54, 1.807) is 0 Å². The van der Waals surface area contributed by atoms with Crippen molar-refractivity contribution in [1.29, 1.82) is 0 Å². The monoisotopic (exact) mass is 551 g/mol. The number of hydrogen-bond acceptors (Lipinski definition) is 2. The molecule has 0 fully saturated rings. The smallest absolute Gasteiger partial charge is 0.210 e. The molecule has 4 heteroatoms. The summed E-state index contributed by atoms with van der Waals surface area (Å²) in [4.78, 5) is 2.63. The molecule has 0 aliphatic carbocycles. The third kappa shape index (κ3) is 3.67. The molecule has 5 aliphatic heterocycles. The highest BCUT2D eigenvalue weighted by atomic mass is 16.5. The molecule has 0 spiro atoms. The second-order valence-electron chi connectivity index (χ2n) is 12.8. The van der Waals surface area contributed by atoms with Crippen molar-refractivity contribution in [3.8, 4) is 22.6 Å². The van der Waals surface area contributed by atoms with E-state index in [0.717, 1.165) is 42.7 Å². The Bertz CT molecular complexity index is 1880. The average Bonchev–Trinajstić information content (AvgIpc) is 3.05. The normalized spacial score (nSPS) is 18.1. The second kappa shape index (κ2) is 9.57. The van der Waals surface area contributed by atoms with Gasteiger partial charge >= 0.3 is 0 Å². The van der Waals surface area contributed by atoms with Gasteiger partial charge in [0, 0.05) is 59.1 Å². The van der Waals surface area contributed by atoms with Crippen molar-refractivity contribution < 1.29 is 4.74 Å². The molecule has 4 nitrogen and oxygen atoms in total. The van der Waals surface area contributed by atoms with Crippen LogP contribution in [0.3, 0.4) is 0 Å². The molecule has 4 aromatic rings. The van der Waals surface area contributed by atoms with Crippen molar-refractivity contribution >= 4 is 11.3 Å². The topological polar surface area (TPSA) is 39.3 Å². The summed E-state index contributed by atoms with van der Waals surface area (Å²) in [5.41, 5.74) is 22.5. The maximum absolute atomic E-state index is 7.67. The van der Waals surface area contributed by atoms with E-state index in [4.69, 9.17) is 10.5 Å². The molecular formula is C38H37N3O. The summed E-state index contributed by atoms with van der Waals surface area (Å²) in [6.45, 7) is 5.01. The van der Waals surface area contributed by atoms with Crippen molar-refractivity contribution in [3.05, 3.63) is 116 Å². The fraction of sp³-hybridized carbons (Fsp3) is 0.342. The Morgan fingerprint density at radius 2 is 1.36 bits per heavy atom. The first-order chi connectivity index (χ1) is 20.8. The predicted molar refractivity (Wildman–Crippen MR) is 170 cm³/mol. The molecule has 0 bridgehead atoms. The lowest BCUT2D eigenvalue weighted by Crippen LogP contribution is -2.45. The Morgan fingerprint density at radius 3 is 2.14 bits per heavy atom. The summed E-state index contributed by atoms with van der Waals surface area (Å²) < 4.78 is 9.83. The van der Waals surface area contributed by atoms with E-state index >= 15 is 0 Å². The summed E-state index contributed by atoms with van der Waals surface area (Å²) in [6.07, 6.45) is 9.39. The molecule has 4 aromatic carbocycles. The van der Waals surface area contributed by atoms with Crippen LogP contribution in [0, 0.1) is 0 Å².